The molecule has 1 fully saturated rings. The van der Waals surface area contributed by atoms with Crippen LogP contribution in [0.1, 0.15) is 11.1 Å². The molecule has 0 atom stereocenters. The largest absolute Gasteiger partial charge is 0.489 e. The van der Waals surface area contributed by atoms with Gasteiger partial charge in [0.1, 0.15) is 17.9 Å². The van der Waals surface area contributed by atoms with Crippen molar-refractivity contribution in [2.75, 3.05) is 4.90 Å². The Labute approximate surface area is 207 Å². The van der Waals surface area contributed by atoms with Crippen LogP contribution in [0.15, 0.2) is 76.8 Å². The third-order valence-corrected chi connectivity index (χ3v) is 5.90. The van der Waals surface area contributed by atoms with Gasteiger partial charge in [0, 0.05) is 20.1 Å². The summed E-state index contributed by atoms with van der Waals surface area (Å²) >= 11 is 15.4. The highest BCUT2D eigenvalue weighted by atomic mass is 79.9. The molecule has 1 N–H and O–H groups in total. The van der Waals surface area contributed by atoms with Gasteiger partial charge in [-0.1, -0.05) is 57.3 Å². The standard InChI is InChI=1S/C24H15BrCl2N2O4/c25-16-4-7-18(8-5-16)29-23(31)20(22(30)28-24(29)32)11-14-1-9-19(10-2-14)33-13-15-3-6-17(26)12-21(15)27/h1-12H,13H2,(H,28,30,32)/b20-11-. The zero-order valence-electron chi connectivity index (χ0n) is 16.8. The molecule has 0 bridgehead atoms. The summed E-state index contributed by atoms with van der Waals surface area (Å²) in [5.41, 5.74) is 1.58. The second-order valence-corrected chi connectivity index (χ2v) is 8.79. The zero-order chi connectivity index (χ0) is 23.5. The van der Waals surface area contributed by atoms with E-state index >= 15 is 0 Å². The van der Waals surface area contributed by atoms with Gasteiger partial charge in [-0.05, 0) is 60.2 Å². The normalized spacial score (nSPS) is 15.1. The highest BCUT2D eigenvalue weighted by molar-refractivity contribution is 9.10. The maximum atomic E-state index is 12.9. The molecule has 1 saturated heterocycles. The molecule has 3 aromatic carbocycles. The van der Waals surface area contributed by atoms with Crippen molar-refractivity contribution in [3.63, 3.8) is 0 Å². The molecule has 166 valence electrons. The van der Waals surface area contributed by atoms with Gasteiger partial charge in [-0.3, -0.25) is 14.9 Å². The molecule has 4 amide bonds. The van der Waals surface area contributed by atoms with Crippen LogP contribution >= 0.6 is 39.1 Å². The molecule has 0 spiro atoms. The lowest BCUT2D eigenvalue weighted by Crippen LogP contribution is -2.54. The quantitative estimate of drug-likeness (QED) is 0.315. The third kappa shape index (κ3) is 5.27. The molecule has 3 aromatic rings. The number of rotatable bonds is 5. The van der Waals surface area contributed by atoms with Gasteiger partial charge in [-0.25, -0.2) is 9.69 Å². The third-order valence-electron chi connectivity index (χ3n) is 4.79. The zero-order valence-corrected chi connectivity index (χ0v) is 19.9. The second-order valence-electron chi connectivity index (χ2n) is 7.03. The summed E-state index contributed by atoms with van der Waals surface area (Å²) in [5.74, 6) is -0.880. The summed E-state index contributed by atoms with van der Waals surface area (Å²) in [7, 11) is 0. The lowest BCUT2D eigenvalue weighted by Gasteiger charge is -2.26. The van der Waals surface area contributed by atoms with E-state index in [4.69, 9.17) is 27.9 Å². The predicted molar refractivity (Wildman–Crippen MR) is 130 cm³/mol. The Bertz CT molecular complexity index is 1270. The Hall–Kier alpha value is -3.13. The highest BCUT2D eigenvalue weighted by Gasteiger charge is 2.36. The molecule has 0 aromatic heterocycles. The van der Waals surface area contributed by atoms with Gasteiger partial charge in [0.05, 0.1) is 5.69 Å². The van der Waals surface area contributed by atoms with Gasteiger partial charge in [0.15, 0.2) is 0 Å². The van der Waals surface area contributed by atoms with Gasteiger partial charge in [-0.2, -0.15) is 0 Å². The number of barbiturate groups is 1. The number of amides is 4. The first-order valence-electron chi connectivity index (χ1n) is 9.65. The Morgan fingerprint density at radius 3 is 2.30 bits per heavy atom. The Kier molecular flexibility index (Phi) is 6.83. The van der Waals surface area contributed by atoms with E-state index in [0.717, 1.165) is 14.9 Å². The number of nitrogens with zero attached hydrogens (tertiary/aromatic N) is 1. The molecule has 6 nitrogen and oxygen atoms in total. The molecule has 0 unspecified atom stereocenters. The number of hydrogen-bond donors (Lipinski definition) is 1. The van der Waals surface area contributed by atoms with Crippen molar-refractivity contribution in [1.82, 2.24) is 5.32 Å². The van der Waals surface area contributed by atoms with Crippen molar-refractivity contribution in [3.05, 3.63) is 97.9 Å². The smallest absolute Gasteiger partial charge is 0.335 e. The first-order valence-corrected chi connectivity index (χ1v) is 11.2. The molecular formula is C24H15BrCl2N2O4. The lowest BCUT2D eigenvalue weighted by molar-refractivity contribution is -0.122. The number of halogens is 3. The summed E-state index contributed by atoms with van der Waals surface area (Å²) < 4.78 is 6.54. The predicted octanol–water partition coefficient (Wildman–Crippen LogP) is 6.00. The SMILES string of the molecule is O=C1NC(=O)N(c2ccc(Br)cc2)C(=O)/C1=C\c1ccc(OCc2ccc(Cl)cc2Cl)cc1. The fourth-order valence-corrected chi connectivity index (χ4v) is 3.84. The van der Waals surface area contributed by atoms with Crippen LogP contribution in [0.4, 0.5) is 10.5 Å². The van der Waals surface area contributed by atoms with E-state index < -0.39 is 17.8 Å². The average Bonchev–Trinajstić information content (AvgIpc) is 2.78. The van der Waals surface area contributed by atoms with Crippen LogP contribution in [0.5, 0.6) is 5.75 Å². The van der Waals surface area contributed by atoms with Gasteiger partial charge in [0.2, 0.25) is 0 Å². The van der Waals surface area contributed by atoms with Crippen LogP contribution in [-0.4, -0.2) is 17.8 Å². The number of ether oxygens (including phenoxy) is 1. The number of anilines is 1. The van der Waals surface area contributed by atoms with Crippen LogP contribution in [0.2, 0.25) is 10.0 Å². The maximum absolute atomic E-state index is 12.9. The van der Waals surface area contributed by atoms with E-state index in [2.05, 4.69) is 21.2 Å². The monoisotopic (exact) mass is 544 g/mol. The molecular weight excluding hydrogens is 531 g/mol. The minimum absolute atomic E-state index is 0.154. The Morgan fingerprint density at radius 1 is 0.939 bits per heavy atom. The van der Waals surface area contributed by atoms with Crippen molar-refractivity contribution in [3.8, 4) is 5.75 Å². The molecule has 1 heterocycles. The number of urea groups is 1. The minimum atomic E-state index is -0.797. The minimum Gasteiger partial charge on any atom is -0.489 e. The van der Waals surface area contributed by atoms with Gasteiger partial charge >= 0.3 is 6.03 Å². The average molecular weight is 546 g/mol. The molecule has 4 rings (SSSR count). The van der Waals surface area contributed by atoms with Crippen molar-refractivity contribution >= 4 is 68.7 Å². The van der Waals surface area contributed by atoms with Gasteiger partial charge in [-0.15, -0.1) is 0 Å². The molecule has 9 heteroatoms. The summed E-state index contributed by atoms with van der Waals surface area (Å²) in [6.45, 7) is 0.252. The summed E-state index contributed by atoms with van der Waals surface area (Å²) in [5, 5.41) is 3.26. The van der Waals surface area contributed by atoms with Crippen LogP contribution < -0.4 is 15.0 Å². The van der Waals surface area contributed by atoms with Crippen LogP contribution in [0.25, 0.3) is 6.08 Å². The maximum Gasteiger partial charge on any atom is 0.335 e. The molecule has 33 heavy (non-hydrogen) atoms. The van der Waals surface area contributed by atoms with Gasteiger partial charge in [0.25, 0.3) is 11.8 Å². The lowest BCUT2D eigenvalue weighted by atomic mass is 10.1. The summed E-state index contributed by atoms with van der Waals surface area (Å²) in [4.78, 5) is 38.5. The summed E-state index contributed by atoms with van der Waals surface area (Å²) in [6, 6.07) is 17.8. The van der Waals surface area contributed by atoms with Crippen molar-refractivity contribution < 1.29 is 19.1 Å². The molecule has 0 aliphatic carbocycles. The molecule has 0 radical (unpaired) electrons. The number of carbonyl (C=O) groups excluding carboxylic acids is 3. The van der Waals surface area contributed by atoms with Crippen LogP contribution in [0, 0.1) is 0 Å². The molecule has 1 aliphatic rings. The van der Waals surface area contributed by atoms with Crippen LogP contribution in [0.3, 0.4) is 0 Å². The first kappa shape index (κ1) is 23.0. The summed E-state index contributed by atoms with van der Waals surface area (Å²) in [6.07, 6.45) is 1.43. The Balaban J connectivity index is 1.51. The fraction of sp³-hybridized carbons (Fsp3) is 0.0417. The molecule has 0 saturated carbocycles. The Morgan fingerprint density at radius 2 is 1.64 bits per heavy atom. The van der Waals surface area contributed by atoms with E-state index in [0.29, 0.717) is 27.0 Å². The molecule has 1 aliphatic heterocycles. The van der Waals surface area contributed by atoms with Crippen molar-refractivity contribution in [1.29, 1.82) is 0 Å². The number of hydrogen-bond acceptors (Lipinski definition) is 4. The van der Waals surface area contributed by atoms with Crippen LogP contribution in [-0.2, 0) is 16.2 Å². The second kappa shape index (κ2) is 9.79. The number of imide groups is 2. The van der Waals surface area contributed by atoms with E-state index in [1.807, 2.05) is 0 Å². The number of carbonyl (C=O) groups is 3. The highest BCUT2D eigenvalue weighted by Crippen LogP contribution is 2.25. The number of benzene rings is 3. The fourth-order valence-electron chi connectivity index (χ4n) is 3.11. The van der Waals surface area contributed by atoms with E-state index in [1.165, 1.54) is 6.08 Å². The van der Waals surface area contributed by atoms with E-state index in [1.54, 1.807) is 66.7 Å². The topological polar surface area (TPSA) is 75.7 Å². The number of nitrogens with one attached hydrogen (secondary N) is 1. The van der Waals surface area contributed by atoms with Crippen molar-refractivity contribution in [2.45, 2.75) is 6.61 Å². The van der Waals surface area contributed by atoms with E-state index in [-0.39, 0.29) is 12.2 Å². The van der Waals surface area contributed by atoms with E-state index in [9.17, 15) is 14.4 Å². The first-order chi connectivity index (χ1) is 15.8. The van der Waals surface area contributed by atoms with Crippen molar-refractivity contribution in [2.24, 2.45) is 0 Å². The van der Waals surface area contributed by atoms with Gasteiger partial charge < -0.3 is 4.74 Å².